The Labute approximate surface area is 83.9 Å². The molecule has 0 atom stereocenters. The highest BCUT2D eigenvalue weighted by Gasteiger charge is 2.13. The van der Waals surface area contributed by atoms with E-state index in [1.807, 2.05) is 6.07 Å². The normalized spacial score (nSPS) is 12.2. The average Bonchev–Trinajstić information content (AvgIpc) is 2.47. The number of aromatic amines is 1. The predicted octanol–water partition coefficient (Wildman–Crippen LogP) is 1.77. The second kappa shape index (κ2) is 3.10. The smallest absolute Gasteiger partial charge is 0.124 e. The Morgan fingerprint density at radius 2 is 1.93 bits per heavy atom. The van der Waals surface area contributed by atoms with Crippen molar-refractivity contribution in [1.29, 1.82) is 0 Å². The number of nitrogens with zero attached hydrogens (tertiary/aromatic N) is 2. The third-order valence-corrected chi connectivity index (χ3v) is 2.17. The first-order chi connectivity index (χ1) is 6.56. The minimum absolute atomic E-state index is 0.898. The molecule has 1 heterocycles. The van der Waals surface area contributed by atoms with Crippen molar-refractivity contribution < 1.29 is 4.48 Å². The van der Waals surface area contributed by atoms with E-state index in [2.05, 4.69) is 49.5 Å². The molecule has 0 spiro atoms. The second-order valence-electron chi connectivity index (χ2n) is 4.66. The first-order valence-electron chi connectivity index (χ1n) is 4.79. The number of H-pyrrole nitrogens is 1. The molecule has 14 heavy (non-hydrogen) atoms. The molecule has 0 fully saturated rings. The highest BCUT2D eigenvalue weighted by molar-refractivity contribution is 5.80. The lowest BCUT2D eigenvalue weighted by Crippen LogP contribution is -2.33. The lowest BCUT2D eigenvalue weighted by molar-refractivity contribution is -0.884. The molecule has 0 bridgehead atoms. The zero-order valence-corrected chi connectivity index (χ0v) is 8.91. The largest absolute Gasteiger partial charge is 0.326 e. The number of hydrogen-bond acceptors (Lipinski definition) is 1. The van der Waals surface area contributed by atoms with Gasteiger partial charge in [-0.05, 0) is 6.07 Å². The predicted molar refractivity (Wildman–Crippen MR) is 57.8 cm³/mol. The van der Waals surface area contributed by atoms with Gasteiger partial charge in [-0.2, -0.15) is 5.10 Å². The number of benzene rings is 1. The lowest BCUT2D eigenvalue weighted by Gasteiger charge is -2.22. The molecule has 0 aliphatic carbocycles. The molecule has 0 aliphatic heterocycles. The molecular weight excluding hydrogens is 174 g/mol. The van der Waals surface area contributed by atoms with Gasteiger partial charge in [-0.3, -0.25) is 5.10 Å². The molecule has 2 aromatic rings. The number of quaternary nitrogens is 1. The third-order valence-electron chi connectivity index (χ3n) is 2.17. The summed E-state index contributed by atoms with van der Waals surface area (Å²) in [5.74, 6) is 0. The van der Waals surface area contributed by atoms with Gasteiger partial charge in [0.2, 0.25) is 0 Å². The highest BCUT2D eigenvalue weighted by atomic mass is 15.3. The van der Waals surface area contributed by atoms with Crippen LogP contribution in [-0.4, -0.2) is 35.8 Å². The summed E-state index contributed by atoms with van der Waals surface area (Å²) in [6.45, 7) is 0.948. The fourth-order valence-electron chi connectivity index (χ4n) is 1.59. The van der Waals surface area contributed by atoms with Gasteiger partial charge in [0.15, 0.2) is 0 Å². The Hall–Kier alpha value is -1.35. The van der Waals surface area contributed by atoms with Crippen molar-refractivity contribution in [1.82, 2.24) is 10.2 Å². The van der Waals surface area contributed by atoms with Crippen molar-refractivity contribution >= 4 is 10.9 Å². The maximum atomic E-state index is 4.34. The molecule has 0 saturated heterocycles. The van der Waals surface area contributed by atoms with Gasteiger partial charge in [0.25, 0.3) is 0 Å². The number of nitrogens with one attached hydrogen (secondary N) is 1. The van der Waals surface area contributed by atoms with Crippen LogP contribution in [0.2, 0.25) is 0 Å². The molecule has 1 aromatic heterocycles. The van der Waals surface area contributed by atoms with Crippen LogP contribution in [0.5, 0.6) is 0 Å². The van der Waals surface area contributed by atoms with E-state index >= 15 is 0 Å². The topological polar surface area (TPSA) is 28.7 Å². The van der Waals surface area contributed by atoms with Crippen LogP contribution in [0.25, 0.3) is 10.9 Å². The summed E-state index contributed by atoms with van der Waals surface area (Å²) >= 11 is 0. The first kappa shape index (κ1) is 9.21. The van der Waals surface area contributed by atoms with Crippen LogP contribution < -0.4 is 0 Å². The van der Waals surface area contributed by atoms with Crippen LogP contribution in [0.4, 0.5) is 0 Å². The van der Waals surface area contributed by atoms with Crippen molar-refractivity contribution in [2.24, 2.45) is 0 Å². The monoisotopic (exact) mass is 190 g/mol. The van der Waals surface area contributed by atoms with Gasteiger partial charge < -0.3 is 4.48 Å². The second-order valence-corrected chi connectivity index (χ2v) is 4.66. The van der Waals surface area contributed by atoms with Crippen molar-refractivity contribution in [3.05, 3.63) is 30.0 Å². The Morgan fingerprint density at radius 1 is 1.21 bits per heavy atom. The van der Waals surface area contributed by atoms with Crippen molar-refractivity contribution in [3.63, 3.8) is 0 Å². The summed E-state index contributed by atoms with van der Waals surface area (Å²) in [6, 6.07) is 8.25. The Kier molecular flexibility index (Phi) is 2.04. The summed E-state index contributed by atoms with van der Waals surface area (Å²) in [5.41, 5.74) is 2.27. The minimum atomic E-state index is 0.898. The van der Waals surface area contributed by atoms with Gasteiger partial charge in [0, 0.05) is 5.39 Å². The fraction of sp³-hybridized carbons (Fsp3) is 0.364. The van der Waals surface area contributed by atoms with Gasteiger partial charge in [-0.25, -0.2) is 0 Å². The molecule has 1 N–H and O–H groups in total. The maximum absolute atomic E-state index is 4.34. The van der Waals surface area contributed by atoms with E-state index < -0.39 is 0 Å². The molecule has 0 saturated carbocycles. The van der Waals surface area contributed by atoms with E-state index in [9.17, 15) is 0 Å². The molecule has 0 amide bonds. The number of rotatable bonds is 2. The average molecular weight is 190 g/mol. The number of fused-ring (bicyclic) bond motifs is 1. The summed E-state index contributed by atoms with van der Waals surface area (Å²) in [7, 11) is 6.51. The number of para-hydroxylation sites is 1. The Morgan fingerprint density at radius 3 is 2.64 bits per heavy atom. The van der Waals surface area contributed by atoms with Crippen LogP contribution >= 0.6 is 0 Å². The quantitative estimate of drug-likeness (QED) is 0.718. The highest BCUT2D eigenvalue weighted by Crippen LogP contribution is 2.17. The molecule has 0 unspecified atom stereocenters. The lowest BCUT2D eigenvalue weighted by atomic mass is 10.2. The molecule has 3 heteroatoms. The molecule has 0 radical (unpaired) electrons. The molecule has 74 valence electrons. The SMILES string of the molecule is C[N+](C)(C)Cc1n[nH]c2ccccc12. The van der Waals surface area contributed by atoms with E-state index in [-0.39, 0.29) is 0 Å². The zero-order chi connectivity index (χ0) is 10.2. The first-order valence-corrected chi connectivity index (χ1v) is 4.79. The van der Waals surface area contributed by atoms with E-state index in [1.165, 1.54) is 5.39 Å². The van der Waals surface area contributed by atoms with Crippen LogP contribution in [0.3, 0.4) is 0 Å². The molecule has 2 rings (SSSR count). The van der Waals surface area contributed by atoms with Gasteiger partial charge in [-0.15, -0.1) is 0 Å². The standard InChI is InChI=1S/C11H16N3/c1-14(2,3)8-11-9-6-4-5-7-10(9)12-13-11/h4-7H,8H2,1-3H3,(H,12,13)/q+1. The van der Waals surface area contributed by atoms with Gasteiger partial charge in [-0.1, -0.05) is 18.2 Å². The van der Waals surface area contributed by atoms with Crippen molar-refractivity contribution in [2.45, 2.75) is 6.54 Å². The third kappa shape index (κ3) is 1.77. The molecule has 1 aromatic carbocycles. The number of aromatic nitrogens is 2. The van der Waals surface area contributed by atoms with E-state index in [0.717, 1.165) is 22.2 Å². The summed E-state index contributed by atoms with van der Waals surface area (Å²) in [6.07, 6.45) is 0. The zero-order valence-electron chi connectivity index (χ0n) is 8.91. The van der Waals surface area contributed by atoms with Crippen molar-refractivity contribution in [3.8, 4) is 0 Å². The van der Waals surface area contributed by atoms with Gasteiger partial charge in [0.05, 0.1) is 26.7 Å². The van der Waals surface area contributed by atoms with Crippen LogP contribution in [-0.2, 0) is 6.54 Å². The van der Waals surface area contributed by atoms with E-state index in [1.54, 1.807) is 0 Å². The molecule has 3 nitrogen and oxygen atoms in total. The van der Waals surface area contributed by atoms with Gasteiger partial charge in [0.1, 0.15) is 12.2 Å². The van der Waals surface area contributed by atoms with Crippen LogP contribution in [0.15, 0.2) is 24.3 Å². The van der Waals surface area contributed by atoms with Crippen molar-refractivity contribution in [2.75, 3.05) is 21.1 Å². The Balaban J connectivity index is 2.44. The molecular formula is C11H16N3+. The van der Waals surface area contributed by atoms with Crippen LogP contribution in [0.1, 0.15) is 5.69 Å². The molecule has 0 aliphatic rings. The minimum Gasteiger partial charge on any atom is -0.326 e. The summed E-state index contributed by atoms with van der Waals surface area (Å²) in [5, 5.41) is 8.63. The fourth-order valence-corrected chi connectivity index (χ4v) is 1.59. The van der Waals surface area contributed by atoms with E-state index in [0.29, 0.717) is 0 Å². The maximum Gasteiger partial charge on any atom is 0.124 e. The Bertz CT molecular complexity index is 437. The summed E-state index contributed by atoms with van der Waals surface area (Å²) in [4.78, 5) is 0. The van der Waals surface area contributed by atoms with Gasteiger partial charge >= 0.3 is 0 Å². The number of hydrogen-bond donors (Lipinski definition) is 1. The van der Waals surface area contributed by atoms with E-state index in [4.69, 9.17) is 0 Å². The van der Waals surface area contributed by atoms with Crippen LogP contribution in [0, 0.1) is 0 Å². The summed E-state index contributed by atoms with van der Waals surface area (Å²) < 4.78 is 0.898.